The van der Waals surface area contributed by atoms with E-state index in [4.69, 9.17) is 4.74 Å². The third kappa shape index (κ3) is 4.29. The predicted octanol–water partition coefficient (Wildman–Crippen LogP) is 1.98. The number of ether oxygens (including phenoxy) is 1. The van der Waals surface area contributed by atoms with E-state index < -0.39 is 12.7 Å². The number of nitrogens with zero attached hydrogens (tertiary/aromatic N) is 2. The fourth-order valence-electron chi connectivity index (χ4n) is 3.95. The summed E-state index contributed by atoms with van der Waals surface area (Å²) in [4.78, 5) is 15.5. The van der Waals surface area contributed by atoms with Crippen molar-refractivity contribution in [2.24, 2.45) is 0 Å². The molecule has 132 valence electrons. The number of carbonyl (C=O) groups excluding carboxylic acids is 1. The first-order chi connectivity index (χ1) is 10.9. The molecule has 8 heteroatoms. The molecule has 23 heavy (non-hydrogen) atoms. The number of alkyl halides is 3. The molecule has 0 aromatic heterocycles. The van der Waals surface area contributed by atoms with Crippen molar-refractivity contribution in [3.05, 3.63) is 0 Å². The van der Waals surface area contributed by atoms with Crippen molar-refractivity contribution < 1.29 is 22.7 Å². The van der Waals surface area contributed by atoms with E-state index in [1.54, 1.807) is 4.90 Å². The number of amides is 2. The number of rotatable bonds is 2. The molecule has 0 unspecified atom stereocenters. The molecule has 5 nitrogen and oxygen atoms in total. The van der Waals surface area contributed by atoms with Gasteiger partial charge in [0, 0.05) is 25.7 Å². The number of urea groups is 1. The number of hydrogen-bond donors (Lipinski definition) is 1. The Morgan fingerprint density at radius 3 is 2.70 bits per heavy atom. The van der Waals surface area contributed by atoms with Crippen LogP contribution in [0, 0.1) is 0 Å². The molecule has 1 N–H and O–H groups in total. The summed E-state index contributed by atoms with van der Waals surface area (Å²) < 4.78 is 43.1. The van der Waals surface area contributed by atoms with E-state index in [0.717, 1.165) is 25.7 Å². The second-order valence-corrected chi connectivity index (χ2v) is 6.95. The lowest BCUT2D eigenvalue weighted by Gasteiger charge is -2.40. The van der Waals surface area contributed by atoms with Crippen LogP contribution in [0.25, 0.3) is 0 Å². The fraction of sp³-hybridized carbons (Fsp3) is 0.933. The summed E-state index contributed by atoms with van der Waals surface area (Å²) >= 11 is 0. The van der Waals surface area contributed by atoms with Crippen molar-refractivity contribution in [2.75, 3.05) is 39.3 Å². The van der Waals surface area contributed by atoms with Gasteiger partial charge in [0.2, 0.25) is 0 Å². The first-order valence-corrected chi connectivity index (χ1v) is 8.34. The second kappa shape index (κ2) is 6.47. The lowest BCUT2D eigenvalue weighted by molar-refractivity contribution is -0.143. The Morgan fingerprint density at radius 1 is 1.26 bits per heavy atom. The molecule has 1 aliphatic carbocycles. The van der Waals surface area contributed by atoms with Crippen molar-refractivity contribution >= 4 is 6.03 Å². The molecule has 2 aliphatic heterocycles. The largest absolute Gasteiger partial charge is 0.401 e. The van der Waals surface area contributed by atoms with Gasteiger partial charge < -0.3 is 15.0 Å². The summed E-state index contributed by atoms with van der Waals surface area (Å²) in [5.41, 5.74) is -0.187. The molecule has 2 amide bonds. The van der Waals surface area contributed by atoms with Gasteiger partial charge in [-0.05, 0) is 19.3 Å². The smallest absolute Gasteiger partial charge is 0.371 e. The van der Waals surface area contributed by atoms with E-state index in [-0.39, 0.29) is 24.2 Å². The topological polar surface area (TPSA) is 44.8 Å². The number of hydrogen-bond acceptors (Lipinski definition) is 3. The van der Waals surface area contributed by atoms with Gasteiger partial charge in [0.15, 0.2) is 0 Å². The maximum Gasteiger partial charge on any atom is 0.401 e. The molecule has 2 heterocycles. The summed E-state index contributed by atoms with van der Waals surface area (Å²) in [6.07, 6.45) is 0.614. The maximum absolute atomic E-state index is 12.4. The minimum atomic E-state index is -4.18. The average Bonchev–Trinajstić information content (AvgIpc) is 3.07. The Bertz CT molecular complexity index is 438. The second-order valence-electron chi connectivity index (χ2n) is 6.95. The van der Waals surface area contributed by atoms with Gasteiger partial charge >= 0.3 is 12.2 Å². The minimum Gasteiger partial charge on any atom is -0.371 e. The van der Waals surface area contributed by atoms with E-state index in [0.29, 0.717) is 32.7 Å². The van der Waals surface area contributed by atoms with Crippen LogP contribution in [-0.4, -0.2) is 73.0 Å². The van der Waals surface area contributed by atoms with Crippen LogP contribution in [0.2, 0.25) is 0 Å². The molecular weight excluding hydrogens is 311 g/mol. The van der Waals surface area contributed by atoms with E-state index in [1.165, 1.54) is 4.90 Å². The third-order valence-electron chi connectivity index (χ3n) is 5.05. The van der Waals surface area contributed by atoms with Gasteiger partial charge in [0.05, 0.1) is 25.3 Å². The molecule has 1 spiro atoms. The highest BCUT2D eigenvalue weighted by atomic mass is 19.4. The van der Waals surface area contributed by atoms with Crippen molar-refractivity contribution in [3.63, 3.8) is 0 Å². The zero-order valence-electron chi connectivity index (χ0n) is 13.2. The standard InChI is InChI=1S/C15H24F3N3O2/c16-15(17,18)11-20-6-3-12(9-20)19-13(22)21-7-8-23-14(10-21)4-1-2-5-14/h12H,1-11H2,(H,19,22)/t12-/m1/s1. The third-order valence-corrected chi connectivity index (χ3v) is 5.05. The minimum absolute atomic E-state index is 0.168. The molecule has 1 saturated carbocycles. The normalized spacial score (nSPS) is 28.5. The lowest BCUT2D eigenvalue weighted by Crippen LogP contribution is -2.56. The highest BCUT2D eigenvalue weighted by molar-refractivity contribution is 5.74. The van der Waals surface area contributed by atoms with Crippen LogP contribution in [0.15, 0.2) is 0 Å². The predicted molar refractivity (Wildman–Crippen MR) is 78.2 cm³/mol. The zero-order valence-corrected chi connectivity index (χ0v) is 13.2. The Morgan fingerprint density at radius 2 is 2.00 bits per heavy atom. The molecule has 0 aromatic carbocycles. The highest BCUT2D eigenvalue weighted by Crippen LogP contribution is 2.35. The van der Waals surface area contributed by atoms with Crippen LogP contribution in [0.4, 0.5) is 18.0 Å². The number of carbonyl (C=O) groups is 1. The summed E-state index contributed by atoms with van der Waals surface area (Å²) in [6, 6.07) is -0.370. The van der Waals surface area contributed by atoms with Gasteiger partial charge in [-0.2, -0.15) is 13.2 Å². The molecule has 3 fully saturated rings. The van der Waals surface area contributed by atoms with E-state index >= 15 is 0 Å². The molecule has 1 atom stereocenters. The lowest BCUT2D eigenvalue weighted by atomic mass is 10.00. The van der Waals surface area contributed by atoms with Crippen LogP contribution in [-0.2, 0) is 4.74 Å². The summed E-state index contributed by atoms with van der Waals surface area (Å²) in [5, 5.41) is 2.89. The Kier molecular flexibility index (Phi) is 4.73. The van der Waals surface area contributed by atoms with Crippen molar-refractivity contribution in [3.8, 4) is 0 Å². The first-order valence-electron chi connectivity index (χ1n) is 8.34. The molecular formula is C15H24F3N3O2. The first kappa shape index (κ1) is 16.8. The monoisotopic (exact) mass is 335 g/mol. The van der Waals surface area contributed by atoms with Gasteiger partial charge in [-0.1, -0.05) is 12.8 Å². The molecule has 0 radical (unpaired) electrons. The van der Waals surface area contributed by atoms with Gasteiger partial charge in [-0.3, -0.25) is 4.90 Å². The molecule has 0 aromatic rings. The molecule has 3 aliphatic rings. The van der Waals surface area contributed by atoms with Crippen LogP contribution in [0.5, 0.6) is 0 Å². The zero-order chi connectivity index (χ0) is 16.5. The molecule has 3 rings (SSSR count). The van der Waals surface area contributed by atoms with Crippen LogP contribution in [0.1, 0.15) is 32.1 Å². The molecule has 0 bridgehead atoms. The van der Waals surface area contributed by atoms with Crippen molar-refractivity contribution in [2.45, 2.75) is 49.9 Å². The fourth-order valence-corrected chi connectivity index (χ4v) is 3.95. The van der Waals surface area contributed by atoms with Crippen LogP contribution < -0.4 is 5.32 Å². The summed E-state index contributed by atoms with van der Waals surface area (Å²) in [7, 11) is 0. The van der Waals surface area contributed by atoms with Crippen molar-refractivity contribution in [1.29, 1.82) is 0 Å². The number of halogens is 3. The molecule has 2 saturated heterocycles. The van der Waals surface area contributed by atoms with E-state index in [2.05, 4.69) is 5.32 Å². The van der Waals surface area contributed by atoms with E-state index in [9.17, 15) is 18.0 Å². The average molecular weight is 335 g/mol. The van der Waals surface area contributed by atoms with Crippen LogP contribution >= 0.6 is 0 Å². The number of likely N-dealkylation sites (tertiary alicyclic amines) is 1. The number of morpholine rings is 1. The van der Waals surface area contributed by atoms with Crippen LogP contribution in [0.3, 0.4) is 0 Å². The van der Waals surface area contributed by atoms with Crippen molar-refractivity contribution in [1.82, 2.24) is 15.1 Å². The van der Waals surface area contributed by atoms with Gasteiger partial charge in [-0.15, -0.1) is 0 Å². The van der Waals surface area contributed by atoms with Gasteiger partial charge in [0.1, 0.15) is 0 Å². The highest BCUT2D eigenvalue weighted by Gasteiger charge is 2.41. The Balaban J connectivity index is 1.48. The van der Waals surface area contributed by atoms with E-state index in [1.807, 2.05) is 0 Å². The number of nitrogens with one attached hydrogen (secondary N) is 1. The van der Waals surface area contributed by atoms with Gasteiger partial charge in [-0.25, -0.2) is 4.79 Å². The SMILES string of the molecule is O=C(N[C@@H]1CCN(CC(F)(F)F)C1)N1CCOC2(CCCC2)C1. The summed E-state index contributed by atoms with van der Waals surface area (Å²) in [5.74, 6) is 0. The Hall–Kier alpha value is -1.02. The maximum atomic E-state index is 12.4. The Labute approximate surface area is 134 Å². The quantitative estimate of drug-likeness (QED) is 0.839. The summed E-state index contributed by atoms with van der Waals surface area (Å²) in [6.45, 7) is 1.42. The van der Waals surface area contributed by atoms with Gasteiger partial charge in [0.25, 0.3) is 0 Å².